The lowest BCUT2D eigenvalue weighted by atomic mass is 10.1. The Morgan fingerprint density at radius 3 is 2.65 bits per heavy atom. The van der Waals surface area contributed by atoms with Crippen LogP contribution in [0.1, 0.15) is 31.2 Å². The van der Waals surface area contributed by atoms with E-state index in [1.807, 2.05) is 38.1 Å². The monoisotopic (exact) mass is 295 g/mol. The Hall–Kier alpha value is -1.33. The van der Waals surface area contributed by atoms with Gasteiger partial charge in [-0.25, -0.2) is 8.42 Å². The minimum atomic E-state index is -2.93. The van der Waals surface area contributed by atoms with Gasteiger partial charge in [-0.2, -0.15) is 0 Å². The van der Waals surface area contributed by atoms with Gasteiger partial charge in [0.15, 0.2) is 9.84 Å². The Morgan fingerprint density at radius 1 is 1.30 bits per heavy atom. The molecule has 1 atom stereocenters. The molecule has 0 fully saturated rings. The van der Waals surface area contributed by atoms with Crippen LogP contribution in [0, 0.1) is 6.92 Å². The summed E-state index contributed by atoms with van der Waals surface area (Å²) < 4.78 is 28.8. The summed E-state index contributed by atoms with van der Waals surface area (Å²) in [5.74, 6) is 1.22. The summed E-state index contributed by atoms with van der Waals surface area (Å²) in [6, 6.07) is 7.91. The maximum atomic E-state index is 11.5. The van der Waals surface area contributed by atoms with E-state index >= 15 is 0 Å². The molecule has 1 aromatic heterocycles. The molecule has 20 heavy (non-hydrogen) atoms. The van der Waals surface area contributed by atoms with Gasteiger partial charge in [0.2, 0.25) is 0 Å². The van der Waals surface area contributed by atoms with Crippen molar-refractivity contribution < 1.29 is 12.8 Å². The molecule has 0 saturated heterocycles. The molecule has 0 saturated carbocycles. The highest BCUT2D eigenvalue weighted by Crippen LogP contribution is 2.28. The average Bonchev–Trinajstić information content (AvgIpc) is 2.76. The fourth-order valence-corrected chi connectivity index (χ4v) is 2.99. The summed E-state index contributed by atoms with van der Waals surface area (Å²) in [7, 11) is -2.93. The van der Waals surface area contributed by atoms with Crippen LogP contribution in [0.25, 0.3) is 11.0 Å². The van der Waals surface area contributed by atoms with Crippen LogP contribution in [-0.2, 0) is 9.84 Å². The SMILES string of the molecule is CCS(=O)(=O)CCNC(C)c1oc2ccccc2c1C. The topological polar surface area (TPSA) is 59.3 Å². The van der Waals surface area contributed by atoms with Crippen molar-refractivity contribution >= 4 is 20.8 Å². The van der Waals surface area contributed by atoms with Crippen molar-refractivity contribution in [1.29, 1.82) is 0 Å². The van der Waals surface area contributed by atoms with Crippen molar-refractivity contribution in [3.63, 3.8) is 0 Å². The predicted molar refractivity (Wildman–Crippen MR) is 81.7 cm³/mol. The minimum absolute atomic E-state index is 0.00513. The lowest BCUT2D eigenvalue weighted by Gasteiger charge is -2.12. The van der Waals surface area contributed by atoms with E-state index in [9.17, 15) is 8.42 Å². The van der Waals surface area contributed by atoms with Crippen LogP contribution in [0.5, 0.6) is 0 Å². The van der Waals surface area contributed by atoms with Gasteiger partial charge in [0.1, 0.15) is 11.3 Å². The second-order valence-corrected chi connectivity index (χ2v) is 7.47. The van der Waals surface area contributed by atoms with Crippen molar-refractivity contribution in [2.24, 2.45) is 0 Å². The number of para-hydroxylation sites is 1. The third-order valence-corrected chi connectivity index (χ3v) is 5.28. The van der Waals surface area contributed by atoms with E-state index in [0.29, 0.717) is 6.54 Å². The van der Waals surface area contributed by atoms with Crippen molar-refractivity contribution in [3.8, 4) is 0 Å². The van der Waals surface area contributed by atoms with E-state index in [1.54, 1.807) is 6.92 Å². The van der Waals surface area contributed by atoms with Gasteiger partial charge in [0, 0.05) is 17.7 Å². The molecule has 4 nitrogen and oxygen atoms in total. The van der Waals surface area contributed by atoms with Gasteiger partial charge >= 0.3 is 0 Å². The largest absolute Gasteiger partial charge is 0.459 e. The first-order valence-electron chi connectivity index (χ1n) is 6.86. The van der Waals surface area contributed by atoms with Crippen molar-refractivity contribution in [1.82, 2.24) is 5.32 Å². The first kappa shape index (κ1) is 15.1. The molecule has 1 unspecified atom stereocenters. The molecule has 0 aliphatic heterocycles. The number of rotatable bonds is 6. The molecule has 1 N–H and O–H groups in total. The second-order valence-electron chi connectivity index (χ2n) is 5.00. The van der Waals surface area contributed by atoms with Crippen LogP contribution in [0.2, 0.25) is 0 Å². The molecule has 1 aromatic carbocycles. The van der Waals surface area contributed by atoms with Gasteiger partial charge in [0.25, 0.3) is 0 Å². The Balaban J connectivity index is 2.08. The molecule has 2 aromatic rings. The second kappa shape index (κ2) is 5.97. The molecular formula is C15H21NO3S. The summed E-state index contributed by atoms with van der Waals surface area (Å²) in [4.78, 5) is 0. The van der Waals surface area contributed by atoms with E-state index in [-0.39, 0.29) is 17.5 Å². The van der Waals surface area contributed by atoms with E-state index in [1.165, 1.54) is 0 Å². The van der Waals surface area contributed by atoms with Gasteiger partial charge in [-0.05, 0) is 25.5 Å². The highest BCUT2D eigenvalue weighted by Gasteiger charge is 2.16. The molecule has 1 heterocycles. The zero-order valence-corrected chi connectivity index (χ0v) is 13.0. The summed E-state index contributed by atoms with van der Waals surface area (Å²) in [6.07, 6.45) is 0. The van der Waals surface area contributed by atoms with Crippen molar-refractivity contribution in [2.75, 3.05) is 18.1 Å². The molecule has 110 valence electrons. The molecule has 2 rings (SSSR count). The van der Waals surface area contributed by atoms with Gasteiger partial charge in [-0.1, -0.05) is 25.1 Å². The molecule has 0 spiro atoms. The van der Waals surface area contributed by atoms with Crippen LogP contribution in [-0.4, -0.2) is 26.5 Å². The Morgan fingerprint density at radius 2 is 2.00 bits per heavy atom. The van der Waals surface area contributed by atoms with Crippen LogP contribution in [0.4, 0.5) is 0 Å². The number of furan rings is 1. The molecule has 0 aliphatic rings. The van der Waals surface area contributed by atoms with Gasteiger partial charge in [-0.3, -0.25) is 0 Å². The van der Waals surface area contributed by atoms with Gasteiger partial charge < -0.3 is 9.73 Å². The third kappa shape index (κ3) is 3.22. The highest BCUT2D eigenvalue weighted by atomic mass is 32.2. The van der Waals surface area contributed by atoms with Crippen molar-refractivity contribution in [2.45, 2.75) is 26.8 Å². The molecule has 0 radical (unpaired) electrons. The lowest BCUT2D eigenvalue weighted by molar-refractivity contribution is 0.455. The summed E-state index contributed by atoms with van der Waals surface area (Å²) in [5, 5.41) is 4.33. The van der Waals surface area contributed by atoms with E-state index in [2.05, 4.69) is 5.32 Å². The lowest BCUT2D eigenvalue weighted by Crippen LogP contribution is -2.26. The Labute approximate surface area is 120 Å². The minimum Gasteiger partial charge on any atom is -0.459 e. The number of benzene rings is 1. The molecular weight excluding hydrogens is 274 g/mol. The smallest absolute Gasteiger partial charge is 0.151 e. The number of nitrogens with one attached hydrogen (secondary N) is 1. The maximum Gasteiger partial charge on any atom is 0.151 e. The highest BCUT2D eigenvalue weighted by molar-refractivity contribution is 7.91. The molecule has 0 bridgehead atoms. The first-order valence-corrected chi connectivity index (χ1v) is 8.68. The van der Waals surface area contributed by atoms with Crippen LogP contribution >= 0.6 is 0 Å². The van der Waals surface area contributed by atoms with Crippen LogP contribution < -0.4 is 5.32 Å². The standard InChI is InChI=1S/C15H21NO3S/c1-4-20(17,18)10-9-16-12(3)15-11(2)13-7-5-6-8-14(13)19-15/h5-8,12,16H,4,9-10H2,1-3H3. The number of hydrogen-bond acceptors (Lipinski definition) is 4. The summed E-state index contributed by atoms with van der Waals surface area (Å²) >= 11 is 0. The van der Waals surface area contributed by atoms with E-state index in [0.717, 1.165) is 22.3 Å². The predicted octanol–water partition coefficient (Wildman–Crippen LogP) is 2.83. The van der Waals surface area contributed by atoms with E-state index in [4.69, 9.17) is 4.42 Å². The summed E-state index contributed by atoms with van der Waals surface area (Å²) in [5.41, 5.74) is 1.98. The number of fused-ring (bicyclic) bond motifs is 1. The fraction of sp³-hybridized carbons (Fsp3) is 0.467. The van der Waals surface area contributed by atoms with Gasteiger partial charge in [0.05, 0.1) is 11.8 Å². The van der Waals surface area contributed by atoms with Gasteiger partial charge in [-0.15, -0.1) is 0 Å². The van der Waals surface area contributed by atoms with Crippen LogP contribution in [0.3, 0.4) is 0 Å². The van der Waals surface area contributed by atoms with E-state index < -0.39 is 9.84 Å². The first-order chi connectivity index (χ1) is 9.44. The fourth-order valence-electron chi connectivity index (χ4n) is 2.27. The number of hydrogen-bond donors (Lipinski definition) is 1. The normalized spacial score (nSPS) is 13.8. The Bertz CT molecular complexity index is 688. The number of aryl methyl sites for hydroxylation is 1. The average molecular weight is 295 g/mol. The third-order valence-electron chi connectivity index (χ3n) is 3.58. The quantitative estimate of drug-likeness (QED) is 0.890. The number of sulfone groups is 1. The molecule has 0 aliphatic carbocycles. The molecule has 0 amide bonds. The van der Waals surface area contributed by atoms with Crippen LogP contribution in [0.15, 0.2) is 28.7 Å². The zero-order valence-electron chi connectivity index (χ0n) is 12.1. The molecule has 5 heteroatoms. The zero-order chi connectivity index (χ0) is 14.8. The maximum absolute atomic E-state index is 11.5. The Kier molecular flexibility index (Phi) is 4.50. The van der Waals surface area contributed by atoms with Crippen molar-refractivity contribution in [3.05, 3.63) is 35.6 Å². The summed E-state index contributed by atoms with van der Waals surface area (Å²) in [6.45, 7) is 6.13.